The smallest absolute Gasteiger partial charge is 0.307 e. The van der Waals surface area contributed by atoms with Gasteiger partial charge in [0.1, 0.15) is 24.5 Å². The molecule has 35 heavy (non-hydrogen) atoms. The first-order chi connectivity index (χ1) is 16.8. The van der Waals surface area contributed by atoms with Crippen molar-refractivity contribution in [1.82, 2.24) is 4.90 Å². The fraction of sp³-hybridized carbons (Fsp3) is 0.360. The van der Waals surface area contributed by atoms with Crippen LogP contribution < -0.4 is 10.1 Å². The highest BCUT2D eigenvalue weighted by molar-refractivity contribution is 5.98. The number of aliphatic hydroxyl groups excluding tert-OH is 1. The highest BCUT2D eigenvalue weighted by Gasteiger charge is 2.48. The summed E-state index contributed by atoms with van der Waals surface area (Å²) < 4.78 is 20.4. The summed E-state index contributed by atoms with van der Waals surface area (Å²) in [6.07, 6.45) is -1.74. The average Bonchev–Trinajstić information content (AvgIpc) is 3.67. The molecule has 10 heteroatoms. The number of alkyl halides is 1. The van der Waals surface area contributed by atoms with Gasteiger partial charge in [-0.15, -0.1) is 0 Å². The molecule has 4 rings (SSSR count). The van der Waals surface area contributed by atoms with E-state index in [9.17, 15) is 24.0 Å². The van der Waals surface area contributed by atoms with Crippen molar-refractivity contribution in [2.45, 2.75) is 25.1 Å². The molecule has 182 valence electrons. The molecule has 0 radical (unpaired) electrons. The fourth-order valence-electron chi connectivity index (χ4n) is 4.17. The highest BCUT2D eigenvalue weighted by Crippen LogP contribution is 2.39. The number of carboxylic acids is 1. The molecule has 1 saturated heterocycles. The molecule has 2 aromatic rings. The highest BCUT2D eigenvalue weighted by atomic mass is 19.1. The van der Waals surface area contributed by atoms with E-state index in [0.29, 0.717) is 17.7 Å². The van der Waals surface area contributed by atoms with Crippen LogP contribution >= 0.6 is 0 Å². The van der Waals surface area contributed by atoms with E-state index in [4.69, 9.17) is 14.9 Å². The largest absolute Gasteiger partial charge is 0.486 e. The number of aliphatic hydroxyl groups is 1. The zero-order valence-corrected chi connectivity index (χ0v) is 18.7. The average molecular weight is 481 g/mol. The lowest BCUT2D eigenvalue weighted by Gasteiger charge is -2.34. The third-order valence-electron chi connectivity index (χ3n) is 6.26. The number of amides is 2. The molecule has 1 aliphatic carbocycles. The molecule has 0 aromatic heterocycles. The number of carbonyl (C=O) groups is 3. The lowest BCUT2D eigenvalue weighted by atomic mass is 10.0. The van der Waals surface area contributed by atoms with Gasteiger partial charge in [0.25, 0.3) is 0 Å². The molecular weight excluding hydrogens is 457 g/mol. The minimum Gasteiger partial charge on any atom is -0.486 e. The maximum atomic E-state index is 14.6. The van der Waals surface area contributed by atoms with Crippen LogP contribution in [0.4, 0.5) is 10.1 Å². The van der Waals surface area contributed by atoms with Gasteiger partial charge >= 0.3 is 5.97 Å². The van der Waals surface area contributed by atoms with Crippen LogP contribution in [0.15, 0.2) is 42.5 Å². The summed E-state index contributed by atoms with van der Waals surface area (Å²) in [5.41, 5.74) is 2.11. The Morgan fingerprint density at radius 2 is 1.94 bits per heavy atom. The van der Waals surface area contributed by atoms with Gasteiger partial charge in [-0.1, -0.05) is 18.2 Å². The monoisotopic (exact) mass is 481 g/mol. The summed E-state index contributed by atoms with van der Waals surface area (Å²) in [6, 6.07) is 13.9. The Hall–Kier alpha value is -3.97. The van der Waals surface area contributed by atoms with Gasteiger partial charge in [0.05, 0.1) is 23.9 Å². The molecule has 9 nitrogen and oxygen atoms in total. The summed E-state index contributed by atoms with van der Waals surface area (Å²) in [6.45, 7) is -0.611. The van der Waals surface area contributed by atoms with Crippen LogP contribution in [0.25, 0.3) is 11.1 Å². The number of likely N-dealkylation sites (tertiary alicyclic amines) is 1. The second kappa shape index (κ2) is 10.1. The number of piperidine rings is 1. The number of benzene rings is 2. The lowest BCUT2D eigenvalue weighted by Crippen LogP contribution is -2.50. The van der Waals surface area contributed by atoms with Crippen molar-refractivity contribution in [3.8, 4) is 22.9 Å². The molecule has 1 heterocycles. The van der Waals surface area contributed by atoms with Gasteiger partial charge in [0, 0.05) is 18.7 Å². The van der Waals surface area contributed by atoms with Gasteiger partial charge < -0.3 is 25.2 Å². The topological polar surface area (TPSA) is 140 Å². The van der Waals surface area contributed by atoms with Gasteiger partial charge in [-0.25, -0.2) is 4.39 Å². The van der Waals surface area contributed by atoms with Gasteiger partial charge in [0.2, 0.25) is 11.8 Å². The Labute approximate surface area is 200 Å². The normalized spacial score (nSPS) is 23.2. The van der Waals surface area contributed by atoms with E-state index in [1.807, 2.05) is 0 Å². The first kappa shape index (κ1) is 24.2. The quantitative estimate of drug-likeness (QED) is 0.551. The molecule has 2 fully saturated rings. The molecule has 1 saturated carbocycles. The Balaban J connectivity index is 1.45. The summed E-state index contributed by atoms with van der Waals surface area (Å²) >= 11 is 0. The first-order valence-corrected chi connectivity index (χ1v) is 11.2. The number of carbonyl (C=O) groups excluding carboxylic acids is 2. The lowest BCUT2D eigenvalue weighted by molar-refractivity contribution is -0.140. The third kappa shape index (κ3) is 5.41. The van der Waals surface area contributed by atoms with E-state index in [2.05, 4.69) is 11.4 Å². The van der Waals surface area contributed by atoms with Crippen LogP contribution in [0.1, 0.15) is 18.4 Å². The summed E-state index contributed by atoms with van der Waals surface area (Å²) in [4.78, 5) is 36.1. The SMILES string of the molecule is N#Cc1cc(-c2cccc(NC(=O)[C@@H]3C[C@H]3C(=O)O)c2)ccc1O[C@H]1CCN(C(=O)CO)C[C@H]1F. The second-order valence-electron chi connectivity index (χ2n) is 8.64. The van der Waals surface area contributed by atoms with Crippen LogP contribution in [-0.2, 0) is 14.4 Å². The standard InChI is InChI=1S/C25H24FN3O6/c26-20-12-29(23(31)13-30)7-6-22(20)35-21-5-4-15(8-16(21)11-27)14-2-1-3-17(9-14)28-24(32)18-10-19(18)25(33)34/h1-5,8-9,18-20,22,30H,6-7,10,12-13H2,(H,28,32)(H,33,34)/t18-,19-,20-,22+/m1/s1. The zero-order chi connectivity index (χ0) is 25.1. The van der Waals surface area contributed by atoms with Gasteiger partial charge in [-0.3, -0.25) is 14.4 Å². The van der Waals surface area contributed by atoms with Gasteiger partial charge in [0.15, 0.2) is 6.17 Å². The van der Waals surface area contributed by atoms with E-state index in [1.165, 1.54) is 4.90 Å². The number of anilines is 1. The summed E-state index contributed by atoms with van der Waals surface area (Å²) in [7, 11) is 0. The molecule has 4 atom stereocenters. The molecule has 0 spiro atoms. The number of ether oxygens (including phenoxy) is 1. The van der Waals surface area contributed by atoms with Crippen molar-refractivity contribution in [1.29, 1.82) is 5.26 Å². The van der Waals surface area contributed by atoms with Crippen molar-refractivity contribution in [2.24, 2.45) is 11.8 Å². The maximum absolute atomic E-state index is 14.6. The maximum Gasteiger partial charge on any atom is 0.307 e. The number of nitrogens with zero attached hydrogens (tertiary/aromatic N) is 2. The predicted octanol–water partition coefficient (Wildman–Crippen LogP) is 2.19. The molecule has 1 aliphatic heterocycles. The van der Waals surface area contributed by atoms with Crippen molar-refractivity contribution >= 4 is 23.5 Å². The van der Waals surface area contributed by atoms with Gasteiger partial charge in [-0.2, -0.15) is 5.26 Å². The van der Waals surface area contributed by atoms with Crippen LogP contribution in [-0.4, -0.2) is 64.9 Å². The van der Waals surface area contributed by atoms with Crippen molar-refractivity contribution in [3.63, 3.8) is 0 Å². The number of carboxylic acid groups (broad SMARTS) is 1. The molecule has 0 unspecified atom stereocenters. The van der Waals surface area contributed by atoms with Crippen LogP contribution in [0.5, 0.6) is 5.75 Å². The second-order valence-corrected chi connectivity index (χ2v) is 8.64. The van der Waals surface area contributed by atoms with Crippen molar-refractivity contribution in [3.05, 3.63) is 48.0 Å². The van der Waals surface area contributed by atoms with E-state index in [0.717, 1.165) is 5.56 Å². The van der Waals surface area contributed by atoms with Crippen LogP contribution in [0.3, 0.4) is 0 Å². The molecule has 2 aliphatic rings. The summed E-state index contributed by atoms with van der Waals surface area (Å²) in [5.74, 6) is -2.81. The number of hydrogen-bond donors (Lipinski definition) is 3. The number of halogens is 1. The van der Waals surface area contributed by atoms with Crippen LogP contribution in [0.2, 0.25) is 0 Å². The Kier molecular flexibility index (Phi) is 6.98. The molecule has 0 bridgehead atoms. The Morgan fingerprint density at radius 3 is 2.60 bits per heavy atom. The predicted molar refractivity (Wildman–Crippen MR) is 122 cm³/mol. The minimum absolute atomic E-state index is 0.184. The summed E-state index contributed by atoms with van der Waals surface area (Å²) in [5, 5.41) is 30.3. The molecule has 2 amide bonds. The number of hydrogen-bond acceptors (Lipinski definition) is 6. The van der Waals surface area contributed by atoms with Gasteiger partial charge in [-0.05, 0) is 41.8 Å². The first-order valence-electron chi connectivity index (χ1n) is 11.2. The zero-order valence-electron chi connectivity index (χ0n) is 18.7. The number of aliphatic carboxylic acids is 1. The molecular formula is C25H24FN3O6. The van der Waals surface area contributed by atoms with E-state index < -0.39 is 42.6 Å². The Bertz CT molecular complexity index is 1200. The molecule has 3 N–H and O–H groups in total. The Morgan fingerprint density at radius 1 is 1.17 bits per heavy atom. The minimum atomic E-state index is -1.46. The van der Waals surface area contributed by atoms with E-state index in [-0.39, 0.29) is 36.7 Å². The van der Waals surface area contributed by atoms with Crippen molar-refractivity contribution < 1.29 is 33.7 Å². The third-order valence-corrected chi connectivity index (χ3v) is 6.26. The van der Waals surface area contributed by atoms with E-state index >= 15 is 0 Å². The number of nitriles is 1. The fourth-order valence-corrected chi connectivity index (χ4v) is 4.17. The van der Waals surface area contributed by atoms with Crippen LogP contribution in [0, 0.1) is 23.2 Å². The number of rotatable bonds is 7. The number of nitrogens with one attached hydrogen (secondary N) is 1. The molecule has 2 aromatic carbocycles. The van der Waals surface area contributed by atoms with E-state index in [1.54, 1.807) is 42.5 Å². The van der Waals surface area contributed by atoms with Crippen molar-refractivity contribution in [2.75, 3.05) is 25.0 Å².